The summed E-state index contributed by atoms with van der Waals surface area (Å²) in [6.45, 7) is -0.345. The number of carbonyl (C=O) groups excluding carboxylic acids is 3. The van der Waals surface area contributed by atoms with Crippen molar-refractivity contribution in [2.24, 2.45) is 0 Å². The Bertz CT molecular complexity index is 1590. The maximum absolute atomic E-state index is 13.5. The van der Waals surface area contributed by atoms with Gasteiger partial charge in [0.1, 0.15) is 24.2 Å². The summed E-state index contributed by atoms with van der Waals surface area (Å²) in [4.78, 5) is 53.0. The third-order valence-electron chi connectivity index (χ3n) is 6.36. The molecule has 0 fully saturated rings. The number of hydrogen-bond donors (Lipinski definition) is 2. The van der Waals surface area contributed by atoms with E-state index in [9.17, 15) is 23.6 Å². The zero-order valence-electron chi connectivity index (χ0n) is 22.5. The summed E-state index contributed by atoms with van der Waals surface area (Å²) in [5.74, 6) is -1.37. The van der Waals surface area contributed by atoms with Gasteiger partial charge in [0.15, 0.2) is 0 Å². The number of likely N-dealkylation sites (N-methyl/N-ethyl adjacent to an activating group) is 1. The standard InChI is InChI=1S/C31H29FN4O5/c1-35(25-11-13-26(41-2)14-12-25)31(40)27(17-21-7-4-3-5-8-21)34-28(37)20-36-16-15-24(19-29(36)38)33-30(39)22-9-6-10-23(32)18-22/h3-16,18-19,27H,17,20H2,1-2H3,(H,33,39)(H,34,37). The third kappa shape index (κ3) is 7.66. The van der Waals surface area contributed by atoms with Crippen LogP contribution in [0.5, 0.6) is 5.75 Å². The summed E-state index contributed by atoms with van der Waals surface area (Å²) in [7, 11) is 3.17. The molecule has 4 aromatic rings. The molecular formula is C31H29FN4O5. The molecule has 2 N–H and O–H groups in total. The van der Waals surface area contributed by atoms with Crippen molar-refractivity contribution in [2.75, 3.05) is 24.4 Å². The van der Waals surface area contributed by atoms with Crippen LogP contribution >= 0.6 is 0 Å². The molecule has 9 nitrogen and oxygen atoms in total. The second-order valence-corrected chi connectivity index (χ2v) is 9.25. The van der Waals surface area contributed by atoms with E-state index in [1.807, 2.05) is 30.3 Å². The molecule has 4 rings (SSSR count). The van der Waals surface area contributed by atoms with Crippen LogP contribution in [0.15, 0.2) is 102 Å². The number of amides is 3. The van der Waals surface area contributed by atoms with Crippen molar-refractivity contribution in [1.82, 2.24) is 9.88 Å². The first-order valence-corrected chi connectivity index (χ1v) is 12.8. The van der Waals surface area contributed by atoms with E-state index < -0.39 is 29.2 Å². The molecule has 210 valence electrons. The van der Waals surface area contributed by atoms with Crippen LogP contribution in [0, 0.1) is 5.82 Å². The SMILES string of the molecule is COc1ccc(N(C)C(=O)C(Cc2ccccc2)NC(=O)Cn2ccc(NC(=O)c3cccc(F)c3)cc2=O)cc1. The largest absolute Gasteiger partial charge is 0.497 e. The fourth-order valence-electron chi connectivity index (χ4n) is 4.16. The average Bonchev–Trinajstić information content (AvgIpc) is 2.98. The molecule has 0 aliphatic heterocycles. The van der Waals surface area contributed by atoms with E-state index in [4.69, 9.17) is 4.74 Å². The Labute approximate surface area is 236 Å². The molecule has 0 aliphatic rings. The lowest BCUT2D eigenvalue weighted by molar-refractivity contribution is -0.127. The van der Waals surface area contributed by atoms with Gasteiger partial charge in [0, 0.05) is 42.7 Å². The first kappa shape index (κ1) is 28.8. The molecule has 1 aromatic heterocycles. The monoisotopic (exact) mass is 556 g/mol. The maximum Gasteiger partial charge on any atom is 0.255 e. The lowest BCUT2D eigenvalue weighted by Gasteiger charge is -2.25. The van der Waals surface area contributed by atoms with Gasteiger partial charge >= 0.3 is 0 Å². The summed E-state index contributed by atoms with van der Waals surface area (Å²) >= 11 is 0. The van der Waals surface area contributed by atoms with Gasteiger partial charge in [-0.2, -0.15) is 0 Å². The second kappa shape index (κ2) is 13.2. The molecule has 41 heavy (non-hydrogen) atoms. The van der Waals surface area contributed by atoms with E-state index in [0.29, 0.717) is 11.4 Å². The molecule has 0 aliphatic carbocycles. The number of hydrogen-bond acceptors (Lipinski definition) is 5. The van der Waals surface area contributed by atoms with Crippen LogP contribution < -0.4 is 25.8 Å². The number of pyridine rings is 1. The fourth-order valence-corrected chi connectivity index (χ4v) is 4.16. The summed E-state index contributed by atoms with van der Waals surface area (Å²) < 4.78 is 19.8. The third-order valence-corrected chi connectivity index (χ3v) is 6.36. The highest BCUT2D eigenvalue weighted by atomic mass is 19.1. The number of halogens is 1. The number of anilines is 2. The van der Waals surface area contributed by atoms with Crippen LogP contribution in [-0.4, -0.2) is 42.5 Å². The summed E-state index contributed by atoms with van der Waals surface area (Å²) in [5, 5.41) is 5.31. The highest BCUT2D eigenvalue weighted by Gasteiger charge is 2.25. The number of ether oxygens (including phenoxy) is 1. The molecule has 0 spiro atoms. The second-order valence-electron chi connectivity index (χ2n) is 9.25. The van der Waals surface area contributed by atoms with Gasteiger partial charge in [0.05, 0.1) is 7.11 Å². The predicted octanol–water partition coefficient (Wildman–Crippen LogP) is 3.64. The van der Waals surface area contributed by atoms with Crippen molar-refractivity contribution < 1.29 is 23.5 Å². The molecule has 3 amide bonds. The van der Waals surface area contributed by atoms with E-state index in [0.717, 1.165) is 22.3 Å². The molecule has 0 saturated heterocycles. The minimum Gasteiger partial charge on any atom is -0.497 e. The van der Waals surface area contributed by atoms with Gasteiger partial charge in [-0.15, -0.1) is 0 Å². The molecule has 10 heteroatoms. The molecule has 1 heterocycles. The Hall–Kier alpha value is -5.25. The predicted molar refractivity (Wildman–Crippen MR) is 154 cm³/mol. The van der Waals surface area contributed by atoms with Crippen LogP contribution in [-0.2, 0) is 22.6 Å². The Morgan fingerprint density at radius 3 is 2.34 bits per heavy atom. The van der Waals surface area contributed by atoms with Gasteiger partial charge in [0.25, 0.3) is 11.5 Å². The minimum absolute atomic E-state index is 0.0993. The average molecular weight is 557 g/mol. The Balaban J connectivity index is 1.46. The van der Waals surface area contributed by atoms with Crippen LogP contribution in [0.3, 0.4) is 0 Å². The topological polar surface area (TPSA) is 110 Å². The van der Waals surface area contributed by atoms with Gasteiger partial charge in [-0.3, -0.25) is 19.2 Å². The number of carbonyl (C=O) groups is 3. The van der Waals surface area contributed by atoms with Crippen LogP contribution in [0.4, 0.5) is 15.8 Å². The molecule has 1 unspecified atom stereocenters. The normalized spacial score (nSPS) is 11.3. The van der Waals surface area contributed by atoms with E-state index in [2.05, 4.69) is 10.6 Å². The number of methoxy groups -OCH3 is 1. The van der Waals surface area contributed by atoms with Crippen molar-refractivity contribution in [3.63, 3.8) is 0 Å². The highest BCUT2D eigenvalue weighted by molar-refractivity contribution is 6.04. The van der Waals surface area contributed by atoms with Gasteiger partial charge < -0.3 is 24.8 Å². The molecule has 0 radical (unpaired) electrons. The number of nitrogens with one attached hydrogen (secondary N) is 2. The van der Waals surface area contributed by atoms with Crippen molar-refractivity contribution >= 4 is 29.1 Å². The van der Waals surface area contributed by atoms with Crippen molar-refractivity contribution in [1.29, 1.82) is 0 Å². The van der Waals surface area contributed by atoms with Gasteiger partial charge in [0.2, 0.25) is 11.8 Å². The lowest BCUT2D eigenvalue weighted by atomic mass is 10.0. The maximum atomic E-state index is 13.5. The van der Waals surface area contributed by atoms with Gasteiger partial charge in [-0.1, -0.05) is 36.4 Å². The van der Waals surface area contributed by atoms with Crippen molar-refractivity contribution in [3.05, 3.63) is 124 Å². The Morgan fingerprint density at radius 2 is 1.68 bits per heavy atom. The number of benzene rings is 3. The summed E-state index contributed by atoms with van der Waals surface area (Å²) in [6, 6.07) is 23.1. The quantitative estimate of drug-likeness (QED) is 0.310. The van der Waals surface area contributed by atoms with E-state index in [-0.39, 0.29) is 30.1 Å². The zero-order valence-corrected chi connectivity index (χ0v) is 22.5. The summed E-state index contributed by atoms with van der Waals surface area (Å²) in [6.07, 6.45) is 1.60. The van der Waals surface area contributed by atoms with Crippen LogP contribution in [0.1, 0.15) is 15.9 Å². The van der Waals surface area contributed by atoms with Crippen LogP contribution in [0.2, 0.25) is 0 Å². The Kier molecular flexibility index (Phi) is 9.26. The molecule has 0 bridgehead atoms. The van der Waals surface area contributed by atoms with Crippen LogP contribution in [0.25, 0.3) is 0 Å². The fraction of sp³-hybridized carbons (Fsp3) is 0.161. The van der Waals surface area contributed by atoms with Gasteiger partial charge in [-0.25, -0.2) is 4.39 Å². The minimum atomic E-state index is -0.905. The molecular weight excluding hydrogens is 527 g/mol. The lowest BCUT2D eigenvalue weighted by Crippen LogP contribution is -2.50. The number of aromatic nitrogens is 1. The van der Waals surface area contributed by atoms with E-state index in [1.54, 1.807) is 38.4 Å². The Morgan fingerprint density at radius 1 is 0.951 bits per heavy atom. The van der Waals surface area contributed by atoms with Crippen molar-refractivity contribution in [3.8, 4) is 5.75 Å². The summed E-state index contributed by atoms with van der Waals surface area (Å²) in [5.41, 5.74) is 1.22. The number of rotatable bonds is 10. The van der Waals surface area contributed by atoms with Crippen molar-refractivity contribution in [2.45, 2.75) is 19.0 Å². The van der Waals surface area contributed by atoms with E-state index >= 15 is 0 Å². The van der Waals surface area contributed by atoms with E-state index in [1.165, 1.54) is 35.4 Å². The molecule has 1 atom stereocenters. The first-order valence-electron chi connectivity index (χ1n) is 12.8. The first-order chi connectivity index (χ1) is 19.7. The highest BCUT2D eigenvalue weighted by Crippen LogP contribution is 2.19. The molecule has 3 aromatic carbocycles. The zero-order chi connectivity index (χ0) is 29.4. The molecule has 0 saturated carbocycles. The van der Waals surface area contributed by atoms with Gasteiger partial charge in [-0.05, 0) is 54.1 Å². The number of nitrogens with zero attached hydrogens (tertiary/aromatic N) is 2. The smallest absolute Gasteiger partial charge is 0.255 e.